The Morgan fingerprint density at radius 2 is 2.19 bits per heavy atom. The van der Waals surface area contributed by atoms with E-state index in [1.54, 1.807) is 11.3 Å². The van der Waals surface area contributed by atoms with Crippen molar-refractivity contribution in [1.82, 2.24) is 9.88 Å². The molecule has 0 radical (unpaired) electrons. The fourth-order valence-electron chi connectivity index (χ4n) is 3.28. The Morgan fingerprint density at radius 3 is 3.00 bits per heavy atom. The molecule has 0 unspecified atom stereocenters. The van der Waals surface area contributed by atoms with Crippen LogP contribution >= 0.6 is 11.3 Å². The van der Waals surface area contributed by atoms with Crippen molar-refractivity contribution in [2.45, 2.75) is 37.8 Å². The third kappa shape index (κ3) is 2.34. The third-order valence-electron chi connectivity index (χ3n) is 4.34. The van der Waals surface area contributed by atoms with Crippen LogP contribution in [-0.2, 0) is 9.53 Å². The molecule has 2 saturated heterocycles. The predicted molar refractivity (Wildman–Crippen MR) is 82.3 cm³/mol. The van der Waals surface area contributed by atoms with Gasteiger partial charge >= 0.3 is 0 Å². The number of benzene rings is 1. The molecule has 1 aromatic heterocycles. The van der Waals surface area contributed by atoms with Gasteiger partial charge in [-0.25, -0.2) is 4.98 Å². The van der Waals surface area contributed by atoms with E-state index in [1.165, 1.54) is 4.70 Å². The zero-order chi connectivity index (χ0) is 14.2. The van der Waals surface area contributed by atoms with Gasteiger partial charge in [0.15, 0.2) is 0 Å². The molecule has 2 aromatic rings. The number of carbonyl (C=O) groups excluding carboxylic acids is 1. The van der Waals surface area contributed by atoms with Crippen molar-refractivity contribution in [3.05, 3.63) is 29.3 Å². The summed E-state index contributed by atoms with van der Waals surface area (Å²) in [6, 6.07) is 8.32. The maximum atomic E-state index is 12.6. The molecule has 0 N–H and O–H groups in total. The summed E-state index contributed by atoms with van der Waals surface area (Å²) >= 11 is 1.71. The number of amides is 1. The van der Waals surface area contributed by atoms with Gasteiger partial charge in [0, 0.05) is 13.2 Å². The van der Waals surface area contributed by atoms with Gasteiger partial charge in [0.05, 0.1) is 16.3 Å². The van der Waals surface area contributed by atoms with Gasteiger partial charge in [-0.2, -0.15) is 0 Å². The van der Waals surface area contributed by atoms with Crippen LogP contribution in [0, 0.1) is 0 Å². The van der Waals surface area contributed by atoms with E-state index in [0.717, 1.165) is 49.4 Å². The van der Waals surface area contributed by atoms with E-state index in [1.807, 2.05) is 23.1 Å². The van der Waals surface area contributed by atoms with Gasteiger partial charge in [0.25, 0.3) is 5.91 Å². The molecule has 2 fully saturated rings. The molecule has 4 nitrogen and oxygen atoms in total. The summed E-state index contributed by atoms with van der Waals surface area (Å²) in [6.45, 7) is 1.55. The van der Waals surface area contributed by atoms with Crippen molar-refractivity contribution >= 4 is 27.5 Å². The molecule has 5 heteroatoms. The van der Waals surface area contributed by atoms with Crippen molar-refractivity contribution < 1.29 is 9.53 Å². The van der Waals surface area contributed by atoms with E-state index in [-0.39, 0.29) is 18.1 Å². The number of para-hydroxylation sites is 1. The Morgan fingerprint density at radius 1 is 1.29 bits per heavy atom. The minimum absolute atomic E-state index is 0.138. The quantitative estimate of drug-likeness (QED) is 0.856. The number of thiazole rings is 1. The first-order valence-electron chi connectivity index (χ1n) is 7.60. The molecule has 0 bridgehead atoms. The maximum absolute atomic E-state index is 12.6. The van der Waals surface area contributed by atoms with E-state index in [2.05, 4.69) is 6.07 Å². The lowest BCUT2D eigenvalue weighted by molar-refractivity contribution is -0.141. The van der Waals surface area contributed by atoms with Crippen LogP contribution in [0.2, 0.25) is 0 Å². The van der Waals surface area contributed by atoms with Crippen molar-refractivity contribution in [3.63, 3.8) is 0 Å². The summed E-state index contributed by atoms with van der Waals surface area (Å²) in [7, 11) is 0. The number of nitrogens with zero attached hydrogens (tertiary/aromatic N) is 2. The summed E-state index contributed by atoms with van der Waals surface area (Å²) in [5, 5.41) is 1.07. The summed E-state index contributed by atoms with van der Waals surface area (Å²) in [6.07, 6.45) is 3.70. The highest BCUT2D eigenvalue weighted by atomic mass is 32.1. The van der Waals surface area contributed by atoms with Crippen LogP contribution in [-0.4, -0.2) is 35.0 Å². The average Bonchev–Trinajstić information content (AvgIpc) is 3.24. The standard InChI is InChI=1S/C16H18N2O2S/c19-16(13-7-4-10-20-13)18-9-3-6-12(18)15-17-11-5-1-2-8-14(11)21-15/h1-2,5,8,12-13H,3-4,6-7,9-10H2/t12-,13+/m1/s1. The van der Waals surface area contributed by atoms with E-state index < -0.39 is 0 Å². The first kappa shape index (κ1) is 13.2. The molecule has 0 spiro atoms. The van der Waals surface area contributed by atoms with Crippen molar-refractivity contribution in [2.24, 2.45) is 0 Å². The number of hydrogen-bond acceptors (Lipinski definition) is 4. The zero-order valence-electron chi connectivity index (χ0n) is 11.8. The highest BCUT2D eigenvalue weighted by Crippen LogP contribution is 2.37. The van der Waals surface area contributed by atoms with Crippen LogP contribution in [0.4, 0.5) is 0 Å². The highest BCUT2D eigenvalue weighted by Gasteiger charge is 2.37. The smallest absolute Gasteiger partial charge is 0.252 e. The Bertz CT molecular complexity index is 630. The molecule has 2 aliphatic heterocycles. The molecule has 2 atom stereocenters. The molecule has 110 valence electrons. The van der Waals surface area contributed by atoms with Crippen LogP contribution in [0.15, 0.2) is 24.3 Å². The molecule has 3 heterocycles. The van der Waals surface area contributed by atoms with Crippen molar-refractivity contribution in [3.8, 4) is 0 Å². The number of fused-ring (bicyclic) bond motifs is 1. The number of ether oxygens (including phenoxy) is 1. The number of hydrogen-bond donors (Lipinski definition) is 0. The molecule has 4 rings (SSSR count). The normalized spacial score (nSPS) is 25.8. The van der Waals surface area contributed by atoms with Crippen LogP contribution < -0.4 is 0 Å². The van der Waals surface area contributed by atoms with Crippen LogP contribution in [0.5, 0.6) is 0 Å². The van der Waals surface area contributed by atoms with Gasteiger partial charge in [0.1, 0.15) is 11.1 Å². The van der Waals surface area contributed by atoms with Crippen molar-refractivity contribution in [2.75, 3.05) is 13.2 Å². The van der Waals surface area contributed by atoms with Crippen LogP contribution in [0.3, 0.4) is 0 Å². The number of rotatable bonds is 2. The van der Waals surface area contributed by atoms with E-state index in [0.29, 0.717) is 0 Å². The summed E-state index contributed by atoms with van der Waals surface area (Å²) in [4.78, 5) is 19.4. The lowest BCUT2D eigenvalue weighted by atomic mass is 10.2. The zero-order valence-corrected chi connectivity index (χ0v) is 12.6. The number of aromatic nitrogens is 1. The summed E-state index contributed by atoms with van der Waals surface area (Å²) < 4.78 is 6.76. The Kier molecular flexibility index (Phi) is 3.39. The number of likely N-dealkylation sites (tertiary alicyclic amines) is 1. The van der Waals surface area contributed by atoms with E-state index in [9.17, 15) is 4.79 Å². The van der Waals surface area contributed by atoms with Gasteiger partial charge < -0.3 is 9.64 Å². The first-order chi connectivity index (χ1) is 10.3. The Labute approximate surface area is 127 Å². The molecule has 1 aromatic carbocycles. The fraction of sp³-hybridized carbons (Fsp3) is 0.500. The minimum atomic E-state index is -0.222. The lowest BCUT2D eigenvalue weighted by Gasteiger charge is -2.25. The first-order valence-corrected chi connectivity index (χ1v) is 8.42. The summed E-state index contributed by atoms with van der Waals surface area (Å²) in [5.41, 5.74) is 1.04. The van der Waals surface area contributed by atoms with Crippen molar-refractivity contribution in [1.29, 1.82) is 0 Å². The summed E-state index contributed by atoms with van der Waals surface area (Å²) in [5.74, 6) is 0.161. The molecule has 21 heavy (non-hydrogen) atoms. The molecule has 1 amide bonds. The second-order valence-corrected chi connectivity index (χ2v) is 6.77. The second-order valence-electron chi connectivity index (χ2n) is 5.71. The number of carbonyl (C=O) groups is 1. The lowest BCUT2D eigenvalue weighted by Crippen LogP contribution is -2.38. The van der Waals surface area contributed by atoms with Crippen LogP contribution in [0.25, 0.3) is 10.2 Å². The Hall–Kier alpha value is -1.46. The molecular weight excluding hydrogens is 284 g/mol. The highest BCUT2D eigenvalue weighted by molar-refractivity contribution is 7.18. The van der Waals surface area contributed by atoms with Crippen LogP contribution in [0.1, 0.15) is 36.7 Å². The minimum Gasteiger partial charge on any atom is -0.368 e. The topological polar surface area (TPSA) is 42.4 Å². The second kappa shape index (κ2) is 5.39. The maximum Gasteiger partial charge on any atom is 0.252 e. The SMILES string of the molecule is O=C([C@@H]1CCCO1)N1CCC[C@@H]1c1nc2ccccc2s1. The molecule has 0 aliphatic carbocycles. The van der Waals surface area contributed by atoms with Gasteiger partial charge in [-0.3, -0.25) is 4.79 Å². The van der Waals surface area contributed by atoms with Gasteiger partial charge in [-0.15, -0.1) is 11.3 Å². The monoisotopic (exact) mass is 302 g/mol. The molecular formula is C16H18N2O2S. The van der Waals surface area contributed by atoms with Gasteiger partial charge in [-0.1, -0.05) is 12.1 Å². The van der Waals surface area contributed by atoms with Gasteiger partial charge in [-0.05, 0) is 37.8 Å². The Balaban J connectivity index is 1.62. The molecule has 2 aliphatic rings. The largest absolute Gasteiger partial charge is 0.368 e. The third-order valence-corrected chi connectivity index (χ3v) is 5.47. The fourth-order valence-corrected chi connectivity index (χ4v) is 4.39. The van der Waals surface area contributed by atoms with E-state index >= 15 is 0 Å². The van der Waals surface area contributed by atoms with Gasteiger partial charge in [0.2, 0.25) is 0 Å². The molecule has 0 saturated carbocycles. The average molecular weight is 302 g/mol. The van der Waals surface area contributed by atoms with E-state index in [4.69, 9.17) is 9.72 Å². The predicted octanol–water partition coefficient (Wildman–Crippen LogP) is 3.14.